The van der Waals surface area contributed by atoms with Gasteiger partial charge in [0.1, 0.15) is 18.1 Å². The van der Waals surface area contributed by atoms with Crippen LogP contribution in [-0.4, -0.2) is 77.1 Å². The standard InChI is InChI=1S/C23H36N6O7/c24-11-5-4-8-16(27-20(32)15(25)9-10-19(26)31)21(33)29-18(13-30)22(34)28-17(23(35)36)12-14-6-2-1-3-7-14/h1-3,6-7,15-18,30H,4-5,8-13,24-25H2,(H2,26,31)(H,27,32)(H,28,34)(H,29,33)(H,35,36). The molecule has 4 amide bonds. The van der Waals surface area contributed by atoms with Gasteiger partial charge < -0.3 is 43.4 Å². The fourth-order valence-corrected chi connectivity index (χ4v) is 3.26. The Labute approximate surface area is 209 Å². The molecule has 0 spiro atoms. The van der Waals surface area contributed by atoms with Crippen molar-refractivity contribution in [2.45, 2.75) is 62.7 Å². The second kappa shape index (κ2) is 16.2. The van der Waals surface area contributed by atoms with E-state index >= 15 is 0 Å². The van der Waals surface area contributed by atoms with Gasteiger partial charge in [-0.1, -0.05) is 30.3 Å². The molecular formula is C23H36N6O7. The molecule has 4 atom stereocenters. The van der Waals surface area contributed by atoms with Gasteiger partial charge in [-0.15, -0.1) is 0 Å². The average Bonchev–Trinajstić information content (AvgIpc) is 2.84. The maximum absolute atomic E-state index is 12.9. The highest BCUT2D eigenvalue weighted by molar-refractivity contribution is 5.94. The number of primary amides is 1. The van der Waals surface area contributed by atoms with Crippen LogP contribution >= 0.6 is 0 Å². The van der Waals surface area contributed by atoms with E-state index in [0.29, 0.717) is 24.9 Å². The summed E-state index contributed by atoms with van der Waals surface area (Å²) >= 11 is 0. The van der Waals surface area contributed by atoms with Crippen molar-refractivity contribution in [1.82, 2.24) is 16.0 Å². The number of nitrogens with two attached hydrogens (primary N) is 3. The highest BCUT2D eigenvalue weighted by Crippen LogP contribution is 2.06. The number of aliphatic hydroxyl groups is 1. The van der Waals surface area contributed by atoms with Crippen LogP contribution < -0.4 is 33.2 Å². The average molecular weight is 509 g/mol. The molecule has 4 unspecified atom stereocenters. The quantitative estimate of drug-likeness (QED) is 0.103. The summed E-state index contributed by atoms with van der Waals surface area (Å²) in [7, 11) is 0. The zero-order valence-corrected chi connectivity index (χ0v) is 20.0. The first kappa shape index (κ1) is 30.5. The summed E-state index contributed by atoms with van der Waals surface area (Å²) < 4.78 is 0. The van der Waals surface area contributed by atoms with Crippen LogP contribution in [0.25, 0.3) is 0 Å². The number of carboxylic acids is 1. The lowest BCUT2D eigenvalue weighted by Gasteiger charge is -2.24. The van der Waals surface area contributed by atoms with Crippen LogP contribution in [0.4, 0.5) is 0 Å². The van der Waals surface area contributed by atoms with E-state index < -0.39 is 60.4 Å². The smallest absolute Gasteiger partial charge is 0.326 e. The lowest BCUT2D eigenvalue weighted by molar-refractivity contribution is -0.142. The number of carboxylic acid groups (broad SMARTS) is 1. The van der Waals surface area contributed by atoms with Gasteiger partial charge in [-0.05, 0) is 37.8 Å². The first-order chi connectivity index (χ1) is 17.1. The van der Waals surface area contributed by atoms with Crippen molar-refractivity contribution in [3.8, 4) is 0 Å². The van der Waals surface area contributed by atoms with Crippen LogP contribution in [-0.2, 0) is 30.4 Å². The second-order valence-electron chi connectivity index (χ2n) is 8.29. The number of rotatable bonds is 17. The van der Waals surface area contributed by atoms with Gasteiger partial charge in [0.2, 0.25) is 23.6 Å². The molecule has 36 heavy (non-hydrogen) atoms. The van der Waals surface area contributed by atoms with Crippen LogP contribution in [0.3, 0.4) is 0 Å². The number of hydrogen-bond acceptors (Lipinski definition) is 8. The first-order valence-corrected chi connectivity index (χ1v) is 11.6. The number of benzene rings is 1. The summed E-state index contributed by atoms with van der Waals surface area (Å²) in [6.45, 7) is -0.448. The summed E-state index contributed by atoms with van der Waals surface area (Å²) in [5.41, 5.74) is 17.0. The van der Waals surface area contributed by atoms with Crippen molar-refractivity contribution in [2.24, 2.45) is 17.2 Å². The molecule has 1 aromatic carbocycles. The monoisotopic (exact) mass is 508 g/mol. The number of amides is 4. The third kappa shape index (κ3) is 11.3. The van der Waals surface area contributed by atoms with Crippen LogP contribution in [0.5, 0.6) is 0 Å². The fraction of sp³-hybridized carbons (Fsp3) is 0.522. The number of unbranched alkanes of at least 4 members (excludes halogenated alkanes) is 1. The summed E-state index contributed by atoms with van der Waals surface area (Å²) in [5, 5.41) is 26.3. The van der Waals surface area contributed by atoms with Gasteiger partial charge in [0.25, 0.3) is 0 Å². The highest BCUT2D eigenvalue weighted by atomic mass is 16.4. The van der Waals surface area contributed by atoms with E-state index in [1.54, 1.807) is 30.3 Å². The molecule has 0 radical (unpaired) electrons. The summed E-state index contributed by atoms with van der Waals surface area (Å²) in [4.78, 5) is 60.5. The Hall–Kier alpha value is -3.55. The molecule has 11 N–H and O–H groups in total. The Morgan fingerprint density at radius 2 is 1.42 bits per heavy atom. The van der Waals surface area contributed by atoms with E-state index in [1.807, 2.05) is 0 Å². The van der Waals surface area contributed by atoms with E-state index in [1.165, 1.54) is 0 Å². The van der Waals surface area contributed by atoms with Crippen molar-refractivity contribution < 1.29 is 34.2 Å². The molecule has 0 saturated carbocycles. The van der Waals surface area contributed by atoms with Crippen molar-refractivity contribution in [3.05, 3.63) is 35.9 Å². The molecule has 0 aliphatic carbocycles. The number of aliphatic carboxylic acids is 1. The molecule has 0 heterocycles. The van der Waals surface area contributed by atoms with Crippen molar-refractivity contribution in [2.75, 3.05) is 13.2 Å². The Balaban J connectivity index is 2.85. The molecule has 0 bridgehead atoms. The van der Waals surface area contributed by atoms with Gasteiger partial charge in [-0.25, -0.2) is 4.79 Å². The zero-order chi connectivity index (χ0) is 27.1. The van der Waals surface area contributed by atoms with E-state index in [-0.39, 0.29) is 25.7 Å². The molecule has 0 aromatic heterocycles. The maximum Gasteiger partial charge on any atom is 0.326 e. The summed E-state index contributed by atoms with van der Waals surface area (Å²) in [6.07, 6.45) is 1.07. The lowest BCUT2D eigenvalue weighted by atomic mass is 10.0. The molecule has 200 valence electrons. The Kier molecular flexibility index (Phi) is 13.7. The SMILES string of the molecule is NCCCCC(NC(=O)C(N)CCC(N)=O)C(=O)NC(CO)C(=O)NC(Cc1ccccc1)C(=O)O. The van der Waals surface area contributed by atoms with Gasteiger partial charge in [0, 0.05) is 12.8 Å². The number of nitrogens with one attached hydrogen (secondary N) is 3. The second-order valence-corrected chi connectivity index (χ2v) is 8.29. The third-order valence-corrected chi connectivity index (χ3v) is 5.33. The Bertz CT molecular complexity index is 883. The predicted octanol–water partition coefficient (Wildman–Crippen LogP) is -2.52. The Morgan fingerprint density at radius 3 is 1.97 bits per heavy atom. The van der Waals surface area contributed by atoms with Crippen molar-refractivity contribution in [3.63, 3.8) is 0 Å². The highest BCUT2D eigenvalue weighted by Gasteiger charge is 2.30. The van der Waals surface area contributed by atoms with Crippen LogP contribution in [0.1, 0.15) is 37.7 Å². The maximum atomic E-state index is 12.9. The molecule has 0 aliphatic rings. The topological polar surface area (TPSA) is 240 Å². The van der Waals surface area contributed by atoms with E-state index in [9.17, 15) is 34.2 Å². The predicted molar refractivity (Wildman–Crippen MR) is 130 cm³/mol. The number of aliphatic hydroxyl groups excluding tert-OH is 1. The van der Waals surface area contributed by atoms with Gasteiger partial charge >= 0.3 is 5.97 Å². The molecule has 0 fully saturated rings. The summed E-state index contributed by atoms with van der Waals surface area (Å²) in [5.74, 6) is -4.28. The number of carbonyl (C=O) groups excluding carboxylic acids is 4. The van der Waals surface area contributed by atoms with Crippen LogP contribution in [0.15, 0.2) is 30.3 Å². The molecular weight excluding hydrogens is 472 g/mol. The molecule has 13 nitrogen and oxygen atoms in total. The fourth-order valence-electron chi connectivity index (χ4n) is 3.26. The first-order valence-electron chi connectivity index (χ1n) is 11.6. The van der Waals surface area contributed by atoms with Crippen LogP contribution in [0.2, 0.25) is 0 Å². The molecule has 13 heteroatoms. The molecule has 0 saturated heterocycles. The van der Waals surface area contributed by atoms with Crippen molar-refractivity contribution in [1.29, 1.82) is 0 Å². The van der Waals surface area contributed by atoms with E-state index in [4.69, 9.17) is 17.2 Å². The normalized spacial score (nSPS) is 14.1. The van der Waals surface area contributed by atoms with Crippen LogP contribution in [0, 0.1) is 0 Å². The van der Waals surface area contributed by atoms with Gasteiger partial charge in [0.05, 0.1) is 12.6 Å². The molecule has 1 rings (SSSR count). The Morgan fingerprint density at radius 1 is 0.833 bits per heavy atom. The van der Waals surface area contributed by atoms with E-state index in [2.05, 4.69) is 16.0 Å². The summed E-state index contributed by atoms with van der Waals surface area (Å²) in [6, 6.07) is 3.67. The van der Waals surface area contributed by atoms with E-state index in [0.717, 1.165) is 0 Å². The molecule has 0 aliphatic heterocycles. The third-order valence-electron chi connectivity index (χ3n) is 5.33. The lowest BCUT2D eigenvalue weighted by Crippen LogP contribution is -2.58. The number of hydrogen-bond donors (Lipinski definition) is 8. The van der Waals surface area contributed by atoms with Crippen molar-refractivity contribution >= 4 is 29.6 Å². The minimum atomic E-state index is -1.47. The van der Waals surface area contributed by atoms with Gasteiger partial charge in [-0.2, -0.15) is 0 Å². The van der Waals surface area contributed by atoms with Gasteiger partial charge in [0.15, 0.2) is 0 Å². The van der Waals surface area contributed by atoms with Gasteiger partial charge in [-0.3, -0.25) is 19.2 Å². The minimum absolute atomic E-state index is 0.00499. The minimum Gasteiger partial charge on any atom is -0.480 e. The number of carbonyl (C=O) groups is 5. The zero-order valence-electron chi connectivity index (χ0n) is 20.0. The largest absolute Gasteiger partial charge is 0.480 e. The molecule has 1 aromatic rings.